The van der Waals surface area contributed by atoms with Crippen LogP contribution in [-0.2, 0) is 17.9 Å². The SMILES string of the molecule is CN(Cc1cccnc1)CC(O)COCc1ccc(Cl)cc1. The van der Waals surface area contributed by atoms with E-state index in [1.165, 1.54) is 0 Å². The van der Waals surface area contributed by atoms with Crippen LogP contribution in [0.4, 0.5) is 0 Å². The zero-order valence-electron chi connectivity index (χ0n) is 12.7. The fourth-order valence-electron chi connectivity index (χ4n) is 2.17. The maximum atomic E-state index is 10.0. The second-order valence-corrected chi connectivity index (χ2v) is 5.79. The summed E-state index contributed by atoms with van der Waals surface area (Å²) in [5.74, 6) is 0. The molecule has 0 spiro atoms. The molecular weight excluding hydrogens is 300 g/mol. The van der Waals surface area contributed by atoms with Crippen LogP contribution < -0.4 is 0 Å². The molecule has 2 aromatic rings. The number of nitrogens with zero attached hydrogens (tertiary/aromatic N) is 2. The van der Waals surface area contributed by atoms with Gasteiger partial charge in [0.15, 0.2) is 0 Å². The molecule has 1 aromatic carbocycles. The van der Waals surface area contributed by atoms with Crippen molar-refractivity contribution in [2.75, 3.05) is 20.2 Å². The number of likely N-dealkylation sites (N-methyl/N-ethyl adjacent to an activating group) is 1. The van der Waals surface area contributed by atoms with Gasteiger partial charge in [-0.05, 0) is 36.4 Å². The maximum absolute atomic E-state index is 10.0. The molecule has 4 nitrogen and oxygen atoms in total. The minimum atomic E-state index is -0.519. The van der Waals surface area contributed by atoms with Gasteiger partial charge in [-0.1, -0.05) is 29.8 Å². The summed E-state index contributed by atoms with van der Waals surface area (Å²) >= 11 is 5.83. The van der Waals surface area contributed by atoms with Crippen molar-refractivity contribution >= 4 is 11.6 Å². The number of halogens is 1. The fourth-order valence-corrected chi connectivity index (χ4v) is 2.30. The largest absolute Gasteiger partial charge is 0.389 e. The van der Waals surface area contributed by atoms with Gasteiger partial charge in [-0.2, -0.15) is 0 Å². The van der Waals surface area contributed by atoms with Crippen molar-refractivity contribution in [2.45, 2.75) is 19.3 Å². The summed E-state index contributed by atoms with van der Waals surface area (Å²) in [6.07, 6.45) is 3.07. The first-order valence-corrected chi connectivity index (χ1v) is 7.59. The van der Waals surface area contributed by atoms with Crippen LogP contribution in [0.15, 0.2) is 48.8 Å². The van der Waals surface area contributed by atoms with Gasteiger partial charge < -0.3 is 9.84 Å². The van der Waals surface area contributed by atoms with E-state index in [2.05, 4.69) is 4.98 Å². The highest BCUT2D eigenvalue weighted by Crippen LogP contribution is 2.10. The molecule has 0 saturated carbocycles. The van der Waals surface area contributed by atoms with E-state index in [9.17, 15) is 5.11 Å². The highest BCUT2D eigenvalue weighted by molar-refractivity contribution is 6.30. The van der Waals surface area contributed by atoms with Crippen molar-refractivity contribution in [3.63, 3.8) is 0 Å². The summed E-state index contributed by atoms with van der Waals surface area (Å²) in [6.45, 7) is 2.08. The average Bonchev–Trinajstić information content (AvgIpc) is 2.50. The number of aromatic nitrogens is 1. The minimum absolute atomic E-state index is 0.306. The zero-order valence-corrected chi connectivity index (χ0v) is 13.4. The van der Waals surface area contributed by atoms with Crippen molar-refractivity contribution in [2.24, 2.45) is 0 Å². The molecular formula is C17H21ClN2O2. The van der Waals surface area contributed by atoms with E-state index in [0.717, 1.165) is 17.7 Å². The number of ether oxygens (including phenoxy) is 1. The van der Waals surface area contributed by atoms with E-state index >= 15 is 0 Å². The number of pyridine rings is 1. The first-order chi connectivity index (χ1) is 10.6. The second kappa shape index (κ2) is 8.86. The Morgan fingerprint density at radius 2 is 2.00 bits per heavy atom. The lowest BCUT2D eigenvalue weighted by molar-refractivity contribution is 0.0127. The van der Waals surface area contributed by atoms with Gasteiger partial charge in [0.2, 0.25) is 0 Å². The highest BCUT2D eigenvalue weighted by atomic mass is 35.5. The van der Waals surface area contributed by atoms with Gasteiger partial charge in [-0.15, -0.1) is 0 Å². The molecule has 5 heteroatoms. The number of benzene rings is 1. The number of aliphatic hydroxyl groups excluding tert-OH is 1. The third-order valence-electron chi connectivity index (χ3n) is 3.19. The maximum Gasteiger partial charge on any atom is 0.0900 e. The van der Waals surface area contributed by atoms with Gasteiger partial charge in [0.25, 0.3) is 0 Å². The van der Waals surface area contributed by atoms with E-state index in [-0.39, 0.29) is 0 Å². The Bertz CT molecular complexity index is 548. The third kappa shape index (κ3) is 6.12. The average molecular weight is 321 g/mol. The molecule has 0 amide bonds. The topological polar surface area (TPSA) is 45.6 Å². The molecule has 1 N–H and O–H groups in total. The predicted molar refractivity (Wildman–Crippen MR) is 87.7 cm³/mol. The Morgan fingerprint density at radius 1 is 1.23 bits per heavy atom. The van der Waals surface area contributed by atoms with Crippen molar-refractivity contribution < 1.29 is 9.84 Å². The number of aliphatic hydroxyl groups is 1. The summed E-state index contributed by atoms with van der Waals surface area (Å²) in [7, 11) is 1.97. The third-order valence-corrected chi connectivity index (χ3v) is 3.44. The molecule has 0 fully saturated rings. The van der Waals surface area contributed by atoms with E-state index < -0.39 is 6.10 Å². The van der Waals surface area contributed by atoms with Gasteiger partial charge in [0.1, 0.15) is 0 Å². The van der Waals surface area contributed by atoms with Gasteiger partial charge in [-0.25, -0.2) is 0 Å². The smallest absolute Gasteiger partial charge is 0.0900 e. The predicted octanol–water partition coefficient (Wildman–Crippen LogP) is 2.74. The molecule has 1 unspecified atom stereocenters. The van der Waals surface area contributed by atoms with Crippen molar-refractivity contribution in [1.29, 1.82) is 0 Å². The van der Waals surface area contributed by atoms with Crippen LogP contribution >= 0.6 is 11.6 Å². The first-order valence-electron chi connectivity index (χ1n) is 7.21. The van der Waals surface area contributed by atoms with Gasteiger partial charge in [0.05, 0.1) is 19.3 Å². The lowest BCUT2D eigenvalue weighted by atomic mass is 10.2. The molecule has 2 rings (SSSR count). The summed E-state index contributed by atoms with van der Waals surface area (Å²) in [5, 5.41) is 10.7. The van der Waals surface area contributed by atoms with Crippen LogP contribution in [-0.4, -0.2) is 41.3 Å². The van der Waals surface area contributed by atoms with Crippen LogP contribution in [0.1, 0.15) is 11.1 Å². The summed E-state index contributed by atoms with van der Waals surface area (Å²) < 4.78 is 5.54. The van der Waals surface area contributed by atoms with Crippen molar-refractivity contribution in [3.8, 4) is 0 Å². The number of rotatable bonds is 8. The lowest BCUT2D eigenvalue weighted by Gasteiger charge is -2.20. The fraction of sp³-hybridized carbons (Fsp3) is 0.353. The monoisotopic (exact) mass is 320 g/mol. The molecule has 0 aliphatic heterocycles. The Labute approximate surface area is 136 Å². The van der Waals surface area contributed by atoms with Crippen molar-refractivity contribution in [1.82, 2.24) is 9.88 Å². The van der Waals surface area contributed by atoms with Crippen LogP contribution in [0.2, 0.25) is 5.02 Å². The van der Waals surface area contributed by atoms with E-state index in [4.69, 9.17) is 16.3 Å². The standard InChI is InChI=1S/C17H21ClN2O2/c1-20(10-15-3-2-8-19-9-15)11-17(21)13-22-12-14-4-6-16(18)7-5-14/h2-9,17,21H,10-13H2,1H3. The van der Waals surface area contributed by atoms with Gasteiger partial charge in [0, 0.05) is 30.5 Å². The Kier molecular flexibility index (Phi) is 6.80. The molecule has 1 heterocycles. The minimum Gasteiger partial charge on any atom is -0.389 e. The summed E-state index contributed by atoms with van der Waals surface area (Å²) in [4.78, 5) is 6.13. The number of hydrogen-bond donors (Lipinski definition) is 1. The Balaban J connectivity index is 1.66. The first kappa shape index (κ1) is 16.9. The van der Waals surface area contributed by atoms with Crippen molar-refractivity contribution in [3.05, 3.63) is 64.9 Å². The molecule has 0 aliphatic rings. The van der Waals surface area contributed by atoms with Gasteiger partial charge >= 0.3 is 0 Å². The summed E-state index contributed by atoms with van der Waals surface area (Å²) in [6, 6.07) is 11.4. The van der Waals surface area contributed by atoms with Crippen LogP contribution in [0.5, 0.6) is 0 Å². The molecule has 0 aliphatic carbocycles. The molecule has 1 aromatic heterocycles. The second-order valence-electron chi connectivity index (χ2n) is 5.35. The Morgan fingerprint density at radius 3 is 2.68 bits per heavy atom. The van der Waals surface area contributed by atoms with E-state index in [1.54, 1.807) is 6.20 Å². The Hall–Kier alpha value is -1.46. The van der Waals surface area contributed by atoms with Crippen LogP contribution in [0, 0.1) is 0 Å². The van der Waals surface area contributed by atoms with E-state index in [1.807, 2.05) is 54.5 Å². The van der Waals surface area contributed by atoms with Gasteiger partial charge in [-0.3, -0.25) is 9.88 Å². The lowest BCUT2D eigenvalue weighted by Crippen LogP contribution is -2.31. The molecule has 1 atom stereocenters. The quantitative estimate of drug-likeness (QED) is 0.812. The molecule has 0 saturated heterocycles. The zero-order chi connectivity index (χ0) is 15.8. The summed E-state index contributed by atoms with van der Waals surface area (Å²) in [5.41, 5.74) is 2.17. The van der Waals surface area contributed by atoms with Crippen LogP contribution in [0.3, 0.4) is 0 Å². The normalized spacial score (nSPS) is 12.5. The molecule has 0 radical (unpaired) electrons. The molecule has 118 valence electrons. The highest BCUT2D eigenvalue weighted by Gasteiger charge is 2.09. The molecule has 0 bridgehead atoms. The number of hydrogen-bond acceptors (Lipinski definition) is 4. The van der Waals surface area contributed by atoms with Crippen LogP contribution in [0.25, 0.3) is 0 Å². The van der Waals surface area contributed by atoms with E-state index in [0.29, 0.717) is 24.8 Å². The molecule has 22 heavy (non-hydrogen) atoms.